The van der Waals surface area contributed by atoms with Crippen LogP contribution in [0.15, 0.2) is 57.7 Å². The van der Waals surface area contributed by atoms with Crippen LogP contribution in [0, 0.1) is 0 Å². The molecule has 0 fully saturated rings. The molecule has 0 spiro atoms. The number of hydrogen-bond donors (Lipinski definition) is 0. The molecule has 0 aliphatic heterocycles. The first-order valence-electron chi connectivity index (χ1n) is 6.28. The SMILES string of the molecule is Clc1cc(-c2c(Br)cnc(Cl)c2-c2ccccc2)c(Br)cn1. The molecule has 0 unspecified atom stereocenters. The van der Waals surface area contributed by atoms with Crippen LogP contribution in [0.25, 0.3) is 22.3 Å². The fourth-order valence-corrected chi connectivity index (χ4v) is 3.54. The van der Waals surface area contributed by atoms with E-state index in [1.165, 1.54) is 0 Å². The molecule has 22 heavy (non-hydrogen) atoms. The summed E-state index contributed by atoms with van der Waals surface area (Å²) in [6.45, 7) is 0. The number of benzene rings is 1. The Balaban J connectivity index is 2.37. The van der Waals surface area contributed by atoms with Crippen LogP contribution in [-0.2, 0) is 0 Å². The molecule has 2 nitrogen and oxygen atoms in total. The second kappa shape index (κ2) is 6.67. The predicted molar refractivity (Wildman–Crippen MR) is 98.3 cm³/mol. The van der Waals surface area contributed by atoms with Crippen LogP contribution in [0.4, 0.5) is 0 Å². The topological polar surface area (TPSA) is 25.8 Å². The van der Waals surface area contributed by atoms with Crippen molar-refractivity contribution in [3.05, 3.63) is 68.0 Å². The molecule has 3 rings (SSSR count). The molecule has 2 heterocycles. The minimum atomic E-state index is 0.414. The van der Waals surface area contributed by atoms with Gasteiger partial charge < -0.3 is 0 Å². The van der Waals surface area contributed by atoms with Gasteiger partial charge in [-0.2, -0.15) is 0 Å². The first-order chi connectivity index (χ1) is 10.6. The van der Waals surface area contributed by atoms with E-state index < -0.39 is 0 Å². The third-order valence-corrected chi connectivity index (χ3v) is 4.87. The molecule has 0 radical (unpaired) electrons. The van der Waals surface area contributed by atoms with Gasteiger partial charge in [-0.05, 0) is 43.5 Å². The lowest BCUT2D eigenvalue weighted by atomic mass is 9.97. The van der Waals surface area contributed by atoms with Crippen molar-refractivity contribution in [2.45, 2.75) is 0 Å². The summed E-state index contributed by atoms with van der Waals surface area (Å²) in [5, 5.41) is 0.848. The van der Waals surface area contributed by atoms with Gasteiger partial charge in [0.05, 0.1) is 0 Å². The Morgan fingerprint density at radius 2 is 1.50 bits per heavy atom. The molecule has 6 heteroatoms. The summed E-state index contributed by atoms with van der Waals surface area (Å²) < 4.78 is 1.66. The average Bonchev–Trinajstić information content (AvgIpc) is 2.53. The molecule has 0 N–H and O–H groups in total. The Bertz CT molecular complexity index is 839. The normalized spacial score (nSPS) is 10.7. The zero-order chi connectivity index (χ0) is 15.7. The van der Waals surface area contributed by atoms with E-state index in [1.54, 1.807) is 18.5 Å². The molecule has 0 atom stereocenters. The fourth-order valence-electron chi connectivity index (χ4n) is 2.20. The predicted octanol–water partition coefficient (Wildman–Crippen LogP) is 6.64. The highest BCUT2D eigenvalue weighted by Crippen LogP contribution is 2.43. The van der Waals surface area contributed by atoms with E-state index in [0.29, 0.717) is 10.3 Å². The second-order valence-electron chi connectivity index (χ2n) is 4.50. The van der Waals surface area contributed by atoms with Gasteiger partial charge >= 0.3 is 0 Å². The summed E-state index contributed by atoms with van der Waals surface area (Å²) in [6, 6.07) is 11.7. The van der Waals surface area contributed by atoms with Crippen molar-refractivity contribution < 1.29 is 0 Å². The van der Waals surface area contributed by atoms with Gasteiger partial charge in [0.1, 0.15) is 10.3 Å². The Morgan fingerprint density at radius 3 is 2.23 bits per heavy atom. The molecule has 3 aromatic rings. The molecule has 0 aliphatic carbocycles. The number of nitrogens with zero attached hydrogens (tertiary/aromatic N) is 2. The Hall–Kier alpha value is -0.940. The Kier molecular flexibility index (Phi) is 4.83. The first kappa shape index (κ1) is 15.9. The molecule has 0 bridgehead atoms. The quantitative estimate of drug-likeness (QED) is 0.402. The molecule has 110 valence electrons. The third kappa shape index (κ3) is 3.06. The maximum atomic E-state index is 6.38. The van der Waals surface area contributed by atoms with Crippen molar-refractivity contribution in [3.8, 4) is 22.3 Å². The van der Waals surface area contributed by atoms with E-state index in [4.69, 9.17) is 23.2 Å². The highest BCUT2D eigenvalue weighted by atomic mass is 79.9. The van der Waals surface area contributed by atoms with Crippen LogP contribution in [-0.4, -0.2) is 9.97 Å². The van der Waals surface area contributed by atoms with Gasteiger partial charge in [0.15, 0.2) is 0 Å². The maximum Gasteiger partial charge on any atom is 0.137 e. The van der Waals surface area contributed by atoms with Crippen molar-refractivity contribution >= 4 is 55.1 Å². The third-order valence-electron chi connectivity index (χ3n) is 3.14. The van der Waals surface area contributed by atoms with Crippen molar-refractivity contribution in [2.75, 3.05) is 0 Å². The summed E-state index contributed by atoms with van der Waals surface area (Å²) in [4.78, 5) is 8.32. The number of aromatic nitrogens is 2. The minimum absolute atomic E-state index is 0.414. The van der Waals surface area contributed by atoms with Crippen molar-refractivity contribution in [1.29, 1.82) is 0 Å². The molecular formula is C16H8Br2Cl2N2. The zero-order valence-corrected chi connectivity index (χ0v) is 15.7. The average molecular weight is 459 g/mol. The number of halogens is 4. The summed E-state index contributed by atoms with van der Waals surface area (Å²) in [6.07, 6.45) is 3.36. The molecule has 0 aliphatic rings. The summed E-state index contributed by atoms with van der Waals surface area (Å²) >= 11 is 19.5. The summed E-state index contributed by atoms with van der Waals surface area (Å²) in [5.74, 6) is 0. The highest BCUT2D eigenvalue weighted by Gasteiger charge is 2.18. The van der Waals surface area contributed by atoms with Gasteiger partial charge in [0, 0.05) is 38.0 Å². The molecule has 1 aromatic carbocycles. The molecule has 0 saturated carbocycles. The van der Waals surface area contributed by atoms with Crippen LogP contribution < -0.4 is 0 Å². The maximum absolute atomic E-state index is 6.38. The second-order valence-corrected chi connectivity index (χ2v) is 6.95. The van der Waals surface area contributed by atoms with E-state index in [2.05, 4.69) is 41.8 Å². The van der Waals surface area contributed by atoms with Crippen molar-refractivity contribution in [3.63, 3.8) is 0 Å². The highest BCUT2D eigenvalue weighted by molar-refractivity contribution is 9.11. The van der Waals surface area contributed by atoms with Gasteiger partial charge in [-0.15, -0.1) is 0 Å². The van der Waals surface area contributed by atoms with Crippen LogP contribution in [0.3, 0.4) is 0 Å². The lowest BCUT2D eigenvalue weighted by Crippen LogP contribution is -1.93. The standard InChI is InChI=1S/C16H8Br2Cl2N2/c17-11-7-21-13(19)6-10(11)15-12(18)8-22-16(20)14(15)9-4-2-1-3-5-9/h1-8H. The lowest BCUT2D eigenvalue weighted by Gasteiger charge is -2.15. The van der Waals surface area contributed by atoms with Crippen LogP contribution in [0.5, 0.6) is 0 Å². The van der Waals surface area contributed by atoms with Gasteiger partial charge in [0.25, 0.3) is 0 Å². The summed E-state index contributed by atoms with van der Waals surface area (Å²) in [5.41, 5.74) is 3.65. The van der Waals surface area contributed by atoms with E-state index in [9.17, 15) is 0 Å². The molecular weight excluding hydrogens is 451 g/mol. The zero-order valence-electron chi connectivity index (χ0n) is 11.0. The van der Waals surface area contributed by atoms with Crippen molar-refractivity contribution in [2.24, 2.45) is 0 Å². The Morgan fingerprint density at radius 1 is 0.818 bits per heavy atom. The van der Waals surface area contributed by atoms with E-state index in [-0.39, 0.29) is 0 Å². The summed E-state index contributed by atoms with van der Waals surface area (Å²) in [7, 11) is 0. The molecule has 2 aromatic heterocycles. The largest absolute Gasteiger partial charge is 0.243 e. The van der Waals surface area contributed by atoms with Gasteiger partial charge in [-0.25, -0.2) is 9.97 Å². The Labute approximate surface area is 154 Å². The monoisotopic (exact) mass is 456 g/mol. The van der Waals surface area contributed by atoms with Gasteiger partial charge in [0.2, 0.25) is 0 Å². The van der Waals surface area contributed by atoms with Crippen LogP contribution >= 0.6 is 55.1 Å². The van der Waals surface area contributed by atoms with Crippen LogP contribution in [0.2, 0.25) is 10.3 Å². The number of pyridine rings is 2. The number of rotatable bonds is 2. The fraction of sp³-hybridized carbons (Fsp3) is 0. The van der Waals surface area contributed by atoms with Gasteiger partial charge in [-0.1, -0.05) is 53.5 Å². The van der Waals surface area contributed by atoms with E-state index in [0.717, 1.165) is 31.2 Å². The van der Waals surface area contributed by atoms with Gasteiger partial charge in [-0.3, -0.25) is 0 Å². The van der Waals surface area contributed by atoms with Crippen LogP contribution in [0.1, 0.15) is 0 Å². The molecule has 0 saturated heterocycles. The van der Waals surface area contributed by atoms with E-state index >= 15 is 0 Å². The van der Waals surface area contributed by atoms with Crippen molar-refractivity contribution in [1.82, 2.24) is 9.97 Å². The minimum Gasteiger partial charge on any atom is -0.243 e. The first-order valence-corrected chi connectivity index (χ1v) is 8.63. The lowest BCUT2D eigenvalue weighted by molar-refractivity contribution is 1.28. The smallest absolute Gasteiger partial charge is 0.137 e. The number of hydrogen-bond acceptors (Lipinski definition) is 2. The molecule has 0 amide bonds. The van der Waals surface area contributed by atoms with E-state index in [1.807, 2.05) is 30.3 Å².